The van der Waals surface area contributed by atoms with Crippen LogP contribution in [-0.4, -0.2) is 74.2 Å². The number of aryl methyl sites for hydroxylation is 2. The molecule has 2 heterocycles. The second-order valence-electron chi connectivity index (χ2n) is 9.92. The number of nitrogens with zero attached hydrogens (tertiary/aromatic N) is 3. The van der Waals surface area contributed by atoms with Crippen LogP contribution in [0.5, 0.6) is 0 Å². The van der Waals surface area contributed by atoms with Crippen LogP contribution in [-0.2, 0) is 21.2 Å². The number of piperazine rings is 1. The zero-order valence-corrected chi connectivity index (χ0v) is 20.8. The van der Waals surface area contributed by atoms with Crippen molar-refractivity contribution in [3.63, 3.8) is 0 Å². The molecule has 34 heavy (non-hydrogen) atoms. The molecule has 2 aromatic rings. The second kappa shape index (κ2) is 9.32. The molecule has 3 atom stereocenters. The fourth-order valence-corrected chi connectivity index (χ4v) is 7.33. The first-order valence-electron chi connectivity index (χ1n) is 12.2. The van der Waals surface area contributed by atoms with E-state index in [2.05, 4.69) is 42.3 Å². The number of carbonyl (C=O) groups excluding carboxylic acids is 1. The van der Waals surface area contributed by atoms with Crippen molar-refractivity contribution in [2.24, 2.45) is 5.92 Å². The average molecular weight is 483 g/mol. The van der Waals surface area contributed by atoms with Gasteiger partial charge in [0.05, 0.1) is 11.9 Å². The molecular weight excluding hydrogens is 448 g/mol. The topological polar surface area (TPSA) is 73.0 Å². The molecule has 5 rings (SSSR count). The van der Waals surface area contributed by atoms with E-state index in [1.54, 1.807) is 0 Å². The minimum atomic E-state index is -3.39. The van der Waals surface area contributed by atoms with Gasteiger partial charge in [-0.05, 0) is 55.4 Å². The monoisotopic (exact) mass is 482 g/mol. The molecular formula is C26H34N4O3S. The third-order valence-electron chi connectivity index (χ3n) is 7.44. The number of rotatable bonds is 6. The van der Waals surface area contributed by atoms with E-state index in [0.29, 0.717) is 19.5 Å². The third kappa shape index (κ3) is 4.72. The summed E-state index contributed by atoms with van der Waals surface area (Å²) >= 11 is 0. The Morgan fingerprint density at radius 1 is 1.03 bits per heavy atom. The van der Waals surface area contributed by atoms with Crippen molar-refractivity contribution < 1.29 is 13.2 Å². The van der Waals surface area contributed by atoms with Crippen molar-refractivity contribution in [1.82, 2.24) is 14.5 Å². The van der Waals surface area contributed by atoms with Crippen LogP contribution >= 0.6 is 0 Å². The first-order chi connectivity index (χ1) is 16.3. The molecule has 1 amide bonds. The molecule has 182 valence electrons. The molecule has 1 N–H and O–H groups in total. The van der Waals surface area contributed by atoms with Crippen LogP contribution in [0.25, 0.3) is 0 Å². The van der Waals surface area contributed by atoms with E-state index in [1.807, 2.05) is 35.2 Å². The van der Waals surface area contributed by atoms with Gasteiger partial charge in [0.2, 0.25) is 15.9 Å². The lowest BCUT2D eigenvalue weighted by Crippen LogP contribution is -2.54. The number of hydrogen-bond donors (Lipinski definition) is 1. The minimum absolute atomic E-state index is 0.00921. The number of amides is 1. The molecule has 2 aromatic carbocycles. The van der Waals surface area contributed by atoms with Gasteiger partial charge in [-0.1, -0.05) is 42.5 Å². The average Bonchev–Trinajstić information content (AvgIpc) is 3.44. The number of nitrogens with one attached hydrogen (secondary N) is 1. The van der Waals surface area contributed by atoms with Crippen molar-refractivity contribution in [2.45, 2.75) is 38.0 Å². The highest BCUT2D eigenvalue weighted by Gasteiger charge is 2.51. The molecule has 2 aliphatic heterocycles. The van der Waals surface area contributed by atoms with Crippen molar-refractivity contribution in [2.75, 3.05) is 44.3 Å². The van der Waals surface area contributed by atoms with Gasteiger partial charge in [0, 0.05) is 38.4 Å². The second-order valence-corrected chi connectivity index (χ2v) is 12.1. The molecule has 0 aromatic heterocycles. The lowest BCUT2D eigenvalue weighted by atomic mass is 10.1. The number of sulfonamides is 1. The van der Waals surface area contributed by atoms with Gasteiger partial charge in [-0.15, -0.1) is 0 Å². The third-order valence-corrected chi connectivity index (χ3v) is 9.78. The highest BCUT2D eigenvalue weighted by molar-refractivity contribution is 7.90. The highest BCUT2D eigenvalue weighted by atomic mass is 32.2. The molecule has 0 radical (unpaired) electrons. The summed E-state index contributed by atoms with van der Waals surface area (Å²) < 4.78 is 27.8. The van der Waals surface area contributed by atoms with Crippen LogP contribution in [0.1, 0.15) is 23.1 Å². The van der Waals surface area contributed by atoms with Gasteiger partial charge in [0.25, 0.3) is 0 Å². The molecule has 7 nitrogen and oxygen atoms in total. The largest absolute Gasteiger partial charge is 0.368 e. The van der Waals surface area contributed by atoms with E-state index in [9.17, 15) is 13.2 Å². The van der Waals surface area contributed by atoms with Gasteiger partial charge in [-0.2, -0.15) is 4.31 Å². The fourth-order valence-electron chi connectivity index (χ4n) is 5.26. The Hall–Kier alpha value is -2.42. The quantitative estimate of drug-likeness (QED) is 0.683. The molecule has 1 aliphatic carbocycles. The number of benzene rings is 2. The Bertz CT molecular complexity index is 1150. The van der Waals surface area contributed by atoms with Gasteiger partial charge in [0.1, 0.15) is 6.04 Å². The van der Waals surface area contributed by atoms with Gasteiger partial charge in [-0.25, -0.2) is 8.42 Å². The summed E-state index contributed by atoms with van der Waals surface area (Å²) in [6.45, 7) is 7.54. The number of anilines is 1. The van der Waals surface area contributed by atoms with Crippen molar-refractivity contribution in [3.05, 3.63) is 65.2 Å². The zero-order chi connectivity index (χ0) is 23.9. The summed E-state index contributed by atoms with van der Waals surface area (Å²) in [6.07, 6.45) is 1.49. The van der Waals surface area contributed by atoms with Crippen LogP contribution in [0.15, 0.2) is 48.5 Å². The predicted molar refractivity (Wildman–Crippen MR) is 134 cm³/mol. The molecule has 0 spiro atoms. The smallest absolute Gasteiger partial charge is 0.241 e. The molecule has 3 fully saturated rings. The van der Waals surface area contributed by atoms with Gasteiger partial charge < -0.3 is 9.80 Å². The standard InChI is InChI=1S/C26H34N4O3S/c1-19-8-9-20(2)24(14-19)28-10-12-29(13-11-28)26(31)23-17-30(18-27-23)34(32,33)25-16-22(25)15-21-6-4-3-5-7-21/h3-9,14,22-23,25,27H,10-13,15-18H2,1-2H3. The van der Waals surface area contributed by atoms with E-state index < -0.39 is 16.1 Å². The SMILES string of the molecule is Cc1ccc(C)c(N2CCN(C(=O)C3CN(S(=O)(=O)C4CC4Cc4ccccc4)CN3)CC2)c1. The molecule has 3 unspecified atom stereocenters. The number of carbonyl (C=O) groups is 1. The van der Waals surface area contributed by atoms with Crippen molar-refractivity contribution in [3.8, 4) is 0 Å². The van der Waals surface area contributed by atoms with E-state index in [4.69, 9.17) is 0 Å². The Balaban J connectivity index is 1.14. The minimum Gasteiger partial charge on any atom is -0.368 e. The summed E-state index contributed by atoms with van der Waals surface area (Å²) in [7, 11) is -3.39. The first-order valence-corrected chi connectivity index (χ1v) is 13.7. The maximum atomic E-state index is 13.2. The Kier molecular flexibility index (Phi) is 6.39. The lowest BCUT2D eigenvalue weighted by Gasteiger charge is -2.37. The summed E-state index contributed by atoms with van der Waals surface area (Å²) in [5.74, 6) is 0.176. The fraction of sp³-hybridized carbons (Fsp3) is 0.500. The summed E-state index contributed by atoms with van der Waals surface area (Å²) in [6, 6.07) is 16.1. The Morgan fingerprint density at radius 2 is 1.76 bits per heavy atom. The van der Waals surface area contributed by atoms with Crippen molar-refractivity contribution in [1.29, 1.82) is 0 Å². The summed E-state index contributed by atoms with van der Waals surface area (Å²) in [5.41, 5.74) is 4.89. The van der Waals surface area contributed by atoms with E-state index in [-0.39, 0.29) is 30.3 Å². The van der Waals surface area contributed by atoms with Gasteiger partial charge >= 0.3 is 0 Å². The Morgan fingerprint density at radius 3 is 2.50 bits per heavy atom. The lowest BCUT2D eigenvalue weighted by molar-refractivity contribution is -0.133. The van der Waals surface area contributed by atoms with Crippen LogP contribution in [0, 0.1) is 19.8 Å². The molecule has 1 saturated carbocycles. The predicted octanol–water partition coefficient (Wildman–Crippen LogP) is 2.14. The van der Waals surface area contributed by atoms with Gasteiger partial charge in [0.15, 0.2) is 0 Å². The van der Waals surface area contributed by atoms with Crippen LogP contribution in [0.3, 0.4) is 0 Å². The van der Waals surface area contributed by atoms with Crippen LogP contribution in [0.4, 0.5) is 5.69 Å². The zero-order valence-electron chi connectivity index (χ0n) is 20.0. The molecule has 0 bridgehead atoms. The number of hydrogen-bond acceptors (Lipinski definition) is 5. The molecule has 3 aliphatic rings. The van der Waals surface area contributed by atoms with E-state index in [1.165, 1.54) is 26.7 Å². The first kappa shape index (κ1) is 23.3. The van der Waals surface area contributed by atoms with Crippen molar-refractivity contribution >= 4 is 21.6 Å². The van der Waals surface area contributed by atoms with E-state index >= 15 is 0 Å². The maximum Gasteiger partial charge on any atom is 0.241 e. The summed E-state index contributed by atoms with van der Waals surface area (Å²) in [5, 5.41) is 2.83. The van der Waals surface area contributed by atoms with Crippen LogP contribution in [0.2, 0.25) is 0 Å². The highest BCUT2D eigenvalue weighted by Crippen LogP contribution is 2.41. The normalized spacial score (nSPS) is 25.5. The molecule has 2 saturated heterocycles. The maximum absolute atomic E-state index is 13.2. The Labute approximate surface area is 202 Å². The van der Waals surface area contributed by atoms with Gasteiger partial charge in [-0.3, -0.25) is 10.1 Å². The molecule has 8 heteroatoms. The van der Waals surface area contributed by atoms with E-state index in [0.717, 1.165) is 19.5 Å². The van der Waals surface area contributed by atoms with Crippen LogP contribution < -0.4 is 10.2 Å². The summed E-state index contributed by atoms with van der Waals surface area (Å²) in [4.78, 5) is 17.4.